The third kappa shape index (κ3) is 9.57. The number of hydrogen-bond donors (Lipinski definition) is 3. The summed E-state index contributed by atoms with van der Waals surface area (Å²) in [5.74, 6) is -2.78. The van der Waals surface area contributed by atoms with Gasteiger partial charge in [-0.15, -0.1) is 11.3 Å². The third-order valence-corrected chi connectivity index (χ3v) is 6.39. The number of nitrogens with one attached hydrogen (secondary N) is 2. The molecule has 198 valence electrons. The van der Waals surface area contributed by atoms with Crippen LogP contribution in [0.3, 0.4) is 0 Å². The standard InChI is InChI=1S/C24H31F3N4O4S/c1-16(2)20(22(34)30-23-28-13-14-36-23)29-21(33)18(10-6-9-17-7-4-3-5-8-17)19(31(35)15-32)11-12-24(25,26)27/h3-5,7-8,13-16,18-20,35H,6,9-12H2,1-2H3,(H,29,33)(H,28,30,34)/t18-,19+,20+/m1/s1. The first-order valence-electron chi connectivity index (χ1n) is 11.6. The van der Waals surface area contributed by atoms with Crippen LogP contribution in [0.1, 0.15) is 45.1 Å². The van der Waals surface area contributed by atoms with Gasteiger partial charge in [-0.3, -0.25) is 19.6 Å². The minimum Gasteiger partial charge on any atom is -0.344 e. The Kier molecular flexibility index (Phi) is 11.3. The van der Waals surface area contributed by atoms with Crippen molar-refractivity contribution in [2.24, 2.45) is 11.8 Å². The van der Waals surface area contributed by atoms with Gasteiger partial charge in [0, 0.05) is 18.0 Å². The molecule has 0 saturated carbocycles. The molecule has 1 aromatic carbocycles. The molecule has 0 bridgehead atoms. The lowest BCUT2D eigenvalue weighted by Gasteiger charge is -2.32. The van der Waals surface area contributed by atoms with Crippen LogP contribution in [0.25, 0.3) is 0 Å². The van der Waals surface area contributed by atoms with Gasteiger partial charge in [-0.25, -0.2) is 10.0 Å². The third-order valence-electron chi connectivity index (χ3n) is 5.71. The van der Waals surface area contributed by atoms with Gasteiger partial charge in [0.25, 0.3) is 0 Å². The Morgan fingerprint density at radius 1 is 1.17 bits per heavy atom. The van der Waals surface area contributed by atoms with E-state index in [-0.39, 0.29) is 23.8 Å². The van der Waals surface area contributed by atoms with Crippen molar-refractivity contribution in [2.75, 3.05) is 5.32 Å². The van der Waals surface area contributed by atoms with E-state index in [0.29, 0.717) is 18.0 Å². The highest BCUT2D eigenvalue weighted by Crippen LogP contribution is 2.28. The number of aromatic nitrogens is 1. The largest absolute Gasteiger partial charge is 0.389 e. The molecule has 0 saturated heterocycles. The Morgan fingerprint density at radius 3 is 2.42 bits per heavy atom. The zero-order valence-corrected chi connectivity index (χ0v) is 20.9. The van der Waals surface area contributed by atoms with Crippen LogP contribution in [0, 0.1) is 11.8 Å². The van der Waals surface area contributed by atoms with E-state index in [9.17, 15) is 32.8 Å². The average molecular weight is 529 g/mol. The maximum atomic E-state index is 13.4. The highest BCUT2D eigenvalue weighted by Gasteiger charge is 2.38. The molecule has 1 aromatic heterocycles. The second kappa shape index (κ2) is 13.9. The molecule has 2 rings (SSSR count). The molecule has 2 aromatic rings. The van der Waals surface area contributed by atoms with Crippen molar-refractivity contribution < 1.29 is 32.8 Å². The fourth-order valence-electron chi connectivity index (χ4n) is 3.84. The first kappa shape index (κ1) is 29.2. The first-order valence-corrected chi connectivity index (χ1v) is 12.4. The fraction of sp³-hybridized carbons (Fsp3) is 0.500. The minimum absolute atomic E-state index is 0.00633. The quantitative estimate of drug-likeness (QED) is 0.191. The maximum absolute atomic E-state index is 13.4. The van der Waals surface area contributed by atoms with Gasteiger partial charge in [0.05, 0.1) is 12.0 Å². The topological polar surface area (TPSA) is 112 Å². The van der Waals surface area contributed by atoms with Crippen molar-refractivity contribution in [2.45, 2.75) is 64.2 Å². The minimum atomic E-state index is -4.54. The number of halogens is 3. The van der Waals surface area contributed by atoms with E-state index in [0.717, 1.165) is 5.56 Å². The second-order valence-corrected chi connectivity index (χ2v) is 9.64. The van der Waals surface area contributed by atoms with Crippen LogP contribution in [0.2, 0.25) is 0 Å². The van der Waals surface area contributed by atoms with E-state index in [4.69, 9.17) is 0 Å². The molecular weight excluding hydrogens is 497 g/mol. The van der Waals surface area contributed by atoms with Gasteiger partial charge in [0.2, 0.25) is 18.2 Å². The number of hydrogen-bond acceptors (Lipinski definition) is 6. The number of hydroxylamine groups is 2. The van der Waals surface area contributed by atoms with E-state index in [1.54, 1.807) is 19.2 Å². The number of amides is 3. The maximum Gasteiger partial charge on any atom is 0.389 e. The van der Waals surface area contributed by atoms with Gasteiger partial charge in [-0.05, 0) is 37.2 Å². The lowest BCUT2D eigenvalue weighted by atomic mass is 9.88. The molecule has 0 aliphatic rings. The summed E-state index contributed by atoms with van der Waals surface area (Å²) < 4.78 is 38.9. The Labute approximate surface area is 211 Å². The normalized spacial score (nSPS) is 14.1. The van der Waals surface area contributed by atoms with Crippen LogP contribution < -0.4 is 10.6 Å². The van der Waals surface area contributed by atoms with Crippen molar-refractivity contribution in [3.8, 4) is 0 Å². The molecule has 0 radical (unpaired) electrons. The zero-order chi connectivity index (χ0) is 26.7. The van der Waals surface area contributed by atoms with Gasteiger partial charge >= 0.3 is 6.18 Å². The van der Waals surface area contributed by atoms with Gasteiger partial charge in [-0.1, -0.05) is 44.2 Å². The number of carbonyl (C=O) groups excluding carboxylic acids is 3. The number of anilines is 1. The smallest absolute Gasteiger partial charge is 0.344 e. The lowest BCUT2D eigenvalue weighted by molar-refractivity contribution is -0.178. The van der Waals surface area contributed by atoms with E-state index in [1.165, 1.54) is 17.5 Å². The van der Waals surface area contributed by atoms with E-state index in [2.05, 4.69) is 15.6 Å². The van der Waals surface area contributed by atoms with Crippen LogP contribution in [-0.2, 0) is 20.8 Å². The number of rotatable bonds is 14. The van der Waals surface area contributed by atoms with Crippen molar-refractivity contribution >= 4 is 34.7 Å². The Hall–Kier alpha value is -2.99. The molecule has 0 unspecified atom stereocenters. The van der Waals surface area contributed by atoms with Crippen molar-refractivity contribution in [1.29, 1.82) is 0 Å². The summed E-state index contributed by atoms with van der Waals surface area (Å²) in [6, 6.07) is 6.89. The van der Waals surface area contributed by atoms with Gasteiger partial charge in [-0.2, -0.15) is 13.2 Å². The summed E-state index contributed by atoms with van der Waals surface area (Å²) in [6.07, 6.45) is -3.95. The van der Waals surface area contributed by atoms with Gasteiger partial charge in [0.15, 0.2) is 5.13 Å². The van der Waals surface area contributed by atoms with Gasteiger partial charge in [0.1, 0.15) is 6.04 Å². The molecule has 1 heterocycles. The molecule has 3 atom stereocenters. The number of thiazole rings is 1. The van der Waals surface area contributed by atoms with Gasteiger partial charge < -0.3 is 10.6 Å². The second-order valence-electron chi connectivity index (χ2n) is 8.75. The highest BCUT2D eigenvalue weighted by atomic mass is 32.1. The van der Waals surface area contributed by atoms with Crippen molar-refractivity contribution in [3.05, 3.63) is 47.5 Å². The summed E-state index contributed by atoms with van der Waals surface area (Å²) in [4.78, 5) is 41.4. The molecule has 3 N–H and O–H groups in total. The van der Waals surface area contributed by atoms with E-state index in [1.807, 2.05) is 30.3 Å². The summed E-state index contributed by atoms with van der Waals surface area (Å²) in [5.41, 5.74) is 0.975. The average Bonchev–Trinajstić information content (AvgIpc) is 3.33. The SMILES string of the molecule is CC(C)[C@H](NC(=O)[C@H](CCCc1ccccc1)[C@H](CCC(F)(F)F)N(O)C=O)C(=O)Nc1nccs1. The number of carbonyl (C=O) groups is 3. The molecule has 3 amide bonds. The molecule has 36 heavy (non-hydrogen) atoms. The summed E-state index contributed by atoms with van der Waals surface area (Å²) in [7, 11) is 0. The fourth-order valence-corrected chi connectivity index (χ4v) is 4.37. The molecule has 0 spiro atoms. The number of nitrogens with zero attached hydrogens (tertiary/aromatic N) is 2. The Morgan fingerprint density at radius 2 is 1.86 bits per heavy atom. The molecule has 8 nitrogen and oxygen atoms in total. The van der Waals surface area contributed by atoms with Crippen LogP contribution in [-0.4, -0.2) is 51.7 Å². The van der Waals surface area contributed by atoms with Crippen molar-refractivity contribution in [3.63, 3.8) is 0 Å². The first-order chi connectivity index (χ1) is 17.0. The zero-order valence-electron chi connectivity index (χ0n) is 20.1. The number of benzene rings is 1. The highest BCUT2D eigenvalue weighted by molar-refractivity contribution is 7.13. The summed E-state index contributed by atoms with van der Waals surface area (Å²) in [6.45, 7) is 3.42. The predicted molar refractivity (Wildman–Crippen MR) is 129 cm³/mol. The summed E-state index contributed by atoms with van der Waals surface area (Å²) in [5, 5.41) is 17.5. The number of aryl methyl sites for hydroxylation is 1. The summed E-state index contributed by atoms with van der Waals surface area (Å²) >= 11 is 1.19. The predicted octanol–water partition coefficient (Wildman–Crippen LogP) is 4.42. The lowest BCUT2D eigenvalue weighted by Crippen LogP contribution is -2.52. The molecular formula is C24H31F3N4O4S. The van der Waals surface area contributed by atoms with Crippen LogP contribution in [0.5, 0.6) is 0 Å². The molecule has 0 aliphatic heterocycles. The van der Waals surface area contributed by atoms with Crippen LogP contribution >= 0.6 is 11.3 Å². The Balaban J connectivity index is 2.23. The monoisotopic (exact) mass is 528 g/mol. The Bertz CT molecular complexity index is 958. The van der Waals surface area contributed by atoms with E-state index >= 15 is 0 Å². The van der Waals surface area contributed by atoms with E-state index < -0.39 is 48.8 Å². The molecule has 12 heteroatoms. The van der Waals surface area contributed by atoms with Crippen LogP contribution in [0.4, 0.5) is 18.3 Å². The molecule has 0 fully saturated rings. The van der Waals surface area contributed by atoms with Crippen molar-refractivity contribution in [1.82, 2.24) is 15.4 Å². The van der Waals surface area contributed by atoms with Crippen LogP contribution in [0.15, 0.2) is 41.9 Å². The number of alkyl halides is 3. The molecule has 0 aliphatic carbocycles.